The van der Waals surface area contributed by atoms with Crippen LogP contribution >= 0.6 is 0 Å². The minimum Gasteiger partial charge on any atom is -0.478 e. The van der Waals surface area contributed by atoms with Gasteiger partial charge in [0.1, 0.15) is 11.6 Å². The van der Waals surface area contributed by atoms with Crippen molar-refractivity contribution >= 4 is 17.4 Å². The van der Waals surface area contributed by atoms with Crippen LogP contribution < -0.4 is 15.8 Å². The number of amidine groups is 1. The smallest absolute Gasteiger partial charge is 0.265 e. The number of nitrogens with two attached hydrogens (primary N) is 1. The zero-order valence-electron chi connectivity index (χ0n) is 11.0. The summed E-state index contributed by atoms with van der Waals surface area (Å²) in [5, 5.41) is 10.2. The number of nitrogen functional groups attached to an aromatic ring is 1. The maximum absolute atomic E-state index is 11.9. The lowest BCUT2D eigenvalue weighted by Crippen LogP contribution is -2.37. The van der Waals surface area contributed by atoms with Crippen molar-refractivity contribution in [2.24, 2.45) is 5.73 Å². The Morgan fingerprint density at radius 3 is 2.95 bits per heavy atom. The van der Waals surface area contributed by atoms with E-state index in [9.17, 15) is 4.79 Å². The Morgan fingerprint density at radius 2 is 2.26 bits per heavy atom. The lowest BCUT2D eigenvalue weighted by atomic mass is 10.1. The van der Waals surface area contributed by atoms with Gasteiger partial charge in [-0.05, 0) is 31.0 Å². The predicted molar refractivity (Wildman–Crippen MR) is 74.6 cm³/mol. The molecule has 0 aromatic heterocycles. The minimum atomic E-state index is -0.415. The van der Waals surface area contributed by atoms with Crippen LogP contribution in [0.5, 0.6) is 5.75 Å². The summed E-state index contributed by atoms with van der Waals surface area (Å²) in [6.07, 6.45) is 3.52. The largest absolute Gasteiger partial charge is 0.478 e. The number of unbranched alkanes of at least 4 members (excludes halogenated alkanes) is 2. The Morgan fingerprint density at radius 1 is 1.47 bits per heavy atom. The van der Waals surface area contributed by atoms with Crippen LogP contribution in [0.1, 0.15) is 38.2 Å². The van der Waals surface area contributed by atoms with E-state index in [4.69, 9.17) is 15.9 Å². The van der Waals surface area contributed by atoms with Gasteiger partial charge in [0.2, 0.25) is 0 Å². The number of benzene rings is 1. The molecule has 4 N–H and O–H groups in total. The van der Waals surface area contributed by atoms with Crippen molar-refractivity contribution in [3.8, 4) is 5.75 Å². The molecule has 0 bridgehead atoms. The lowest BCUT2D eigenvalue weighted by Gasteiger charge is -2.26. The third kappa shape index (κ3) is 3.05. The van der Waals surface area contributed by atoms with Gasteiger partial charge >= 0.3 is 0 Å². The van der Waals surface area contributed by atoms with Gasteiger partial charge in [-0.25, -0.2) is 0 Å². The highest BCUT2D eigenvalue weighted by Crippen LogP contribution is 2.31. The first-order valence-electron chi connectivity index (χ1n) is 6.57. The Labute approximate surface area is 112 Å². The summed E-state index contributed by atoms with van der Waals surface area (Å²) in [4.78, 5) is 11.9. The van der Waals surface area contributed by atoms with Crippen LogP contribution in [0.3, 0.4) is 0 Å². The number of anilines is 1. The summed E-state index contributed by atoms with van der Waals surface area (Å²) < 4.78 is 5.70. The number of amides is 1. The van der Waals surface area contributed by atoms with Gasteiger partial charge in [-0.1, -0.05) is 19.8 Å². The number of fused-ring (bicyclic) bond motifs is 1. The fraction of sp³-hybridized carbons (Fsp3) is 0.429. The van der Waals surface area contributed by atoms with Crippen LogP contribution in [0, 0.1) is 5.41 Å². The van der Waals surface area contributed by atoms with Gasteiger partial charge in [-0.15, -0.1) is 0 Å². The van der Waals surface area contributed by atoms with E-state index in [1.807, 2.05) is 0 Å². The molecule has 102 valence electrons. The second-order valence-electron chi connectivity index (χ2n) is 4.72. The van der Waals surface area contributed by atoms with E-state index in [2.05, 4.69) is 12.2 Å². The lowest BCUT2D eigenvalue weighted by molar-refractivity contribution is -0.123. The molecular formula is C14H19N3O2. The van der Waals surface area contributed by atoms with E-state index in [0.717, 1.165) is 25.7 Å². The van der Waals surface area contributed by atoms with Crippen molar-refractivity contribution in [1.29, 1.82) is 5.41 Å². The van der Waals surface area contributed by atoms with Gasteiger partial charge in [0.15, 0.2) is 6.10 Å². The van der Waals surface area contributed by atoms with Crippen molar-refractivity contribution in [3.63, 3.8) is 0 Å². The van der Waals surface area contributed by atoms with Crippen LogP contribution in [0.2, 0.25) is 0 Å². The minimum absolute atomic E-state index is 0.0258. The molecule has 1 aliphatic rings. The van der Waals surface area contributed by atoms with Crippen molar-refractivity contribution in [1.82, 2.24) is 0 Å². The van der Waals surface area contributed by atoms with Gasteiger partial charge in [0.25, 0.3) is 5.91 Å². The molecule has 5 heteroatoms. The first-order chi connectivity index (χ1) is 9.11. The van der Waals surface area contributed by atoms with Crippen molar-refractivity contribution in [3.05, 3.63) is 23.8 Å². The number of nitrogens with one attached hydrogen (secondary N) is 2. The summed E-state index contributed by atoms with van der Waals surface area (Å²) in [5.74, 6) is 0.498. The van der Waals surface area contributed by atoms with E-state index in [1.165, 1.54) is 0 Å². The molecule has 1 aromatic rings. The topological polar surface area (TPSA) is 88.2 Å². The fourth-order valence-electron chi connectivity index (χ4n) is 2.09. The highest BCUT2D eigenvalue weighted by atomic mass is 16.5. The number of rotatable bonds is 5. The van der Waals surface area contributed by atoms with Crippen LogP contribution in [0.25, 0.3) is 0 Å². The first kappa shape index (κ1) is 13.4. The maximum Gasteiger partial charge on any atom is 0.265 e. The zero-order valence-corrected chi connectivity index (χ0v) is 11.0. The highest BCUT2D eigenvalue weighted by Gasteiger charge is 2.27. The molecule has 19 heavy (non-hydrogen) atoms. The second-order valence-corrected chi connectivity index (χ2v) is 4.72. The SMILES string of the molecule is CCCCCC1Oc2ccc(C(=N)N)cc2NC1=O. The molecule has 0 spiro atoms. The van der Waals surface area contributed by atoms with E-state index in [1.54, 1.807) is 18.2 Å². The Balaban J connectivity index is 2.11. The molecule has 1 aromatic carbocycles. The van der Waals surface area contributed by atoms with Gasteiger partial charge < -0.3 is 15.8 Å². The number of carbonyl (C=O) groups excluding carboxylic acids is 1. The molecule has 5 nitrogen and oxygen atoms in total. The third-order valence-corrected chi connectivity index (χ3v) is 3.18. The van der Waals surface area contributed by atoms with Crippen LogP contribution in [0.15, 0.2) is 18.2 Å². The Kier molecular flexibility index (Phi) is 4.04. The molecule has 0 radical (unpaired) electrons. The maximum atomic E-state index is 11.9. The monoisotopic (exact) mass is 261 g/mol. The molecule has 1 heterocycles. The summed E-state index contributed by atoms with van der Waals surface area (Å²) in [5.41, 5.74) is 6.58. The number of hydrogen-bond acceptors (Lipinski definition) is 3. The van der Waals surface area contributed by atoms with E-state index in [0.29, 0.717) is 17.0 Å². The van der Waals surface area contributed by atoms with Gasteiger partial charge in [0, 0.05) is 5.56 Å². The predicted octanol–water partition coefficient (Wildman–Crippen LogP) is 2.25. The summed E-state index contributed by atoms with van der Waals surface area (Å²) in [6, 6.07) is 5.14. The van der Waals surface area contributed by atoms with Crippen LogP contribution in [-0.2, 0) is 4.79 Å². The van der Waals surface area contributed by atoms with Crippen molar-refractivity contribution in [2.45, 2.75) is 38.7 Å². The molecule has 1 unspecified atom stereocenters. The second kappa shape index (κ2) is 5.73. The summed E-state index contributed by atoms with van der Waals surface area (Å²) in [7, 11) is 0. The standard InChI is InChI=1S/C14H19N3O2/c1-2-3-4-5-12-14(18)17-10-8-9(13(15)16)6-7-11(10)19-12/h6-8,12H,2-5H2,1H3,(H3,15,16)(H,17,18). The average molecular weight is 261 g/mol. The Hall–Kier alpha value is -2.04. The molecule has 1 atom stereocenters. The molecule has 0 saturated heterocycles. The molecular weight excluding hydrogens is 242 g/mol. The van der Waals surface area contributed by atoms with Crippen LogP contribution in [0.4, 0.5) is 5.69 Å². The number of ether oxygens (including phenoxy) is 1. The molecule has 1 aliphatic heterocycles. The Bertz CT molecular complexity index is 499. The summed E-state index contributed by atoms with van der Waals surface area (Å²) in [6.45, 7) is 2.13. The van der Waals surface area contributed by atoms with E-state index >= 15 is 0 Å². The quantitative estimate of drug-likeness (QED) is 0.431. The van der Waals surface area contributed by atoms with Gasteiger partial charge in [-0.3, -0.25) is 10.2 Å². The van der Waals surface area contributed by atoms with Gasteiger partial charge in [-0.2, -0.15) is 0 Å². The number of carbonyl (C=O) groups is 1. The molecule has 0 saturated carbocycles. The third-order valence-electron chi connectivity index (χ3n) is 3.18. The van der Waals surface area contributed by atoms with Gasteiger partial charge in [0.05, 0.1) is 5.69 Å². The first-order valence-corrected chi connectivity index (χ1v) is 6.57. The molecule has 0 fully saturated rings. The molecule has 0 aliphatic carbocycles. The summed E-state index contributed by atoms with van der Waals surface area (Å²) >= 11 is 0. The van der Waals surface area contributed by atoms with Crippen LogP contribution in [-0.4, -0.2) is 17.8 Å². The molecule has 2 rings (SSSR count). The highest BCUT2D eigenvalue weighted by molar-refractivity contribution is 6.01. The van der Waals surface area contributed by atoms with E-state index in [-0.39, 0.29) is 11.7 Å². The molecule has 1 amide bonds. The average Bonchev–Trinajstić information content (AvgIpc) is 2.39. The zero-order chi connectivity index (χ0) is 13.8. The fourth-order valence-corrected chi connectivity index (χ4v) is 2.09. The van der Waals surface area contributed by atoms with E-state index < -0.39 is 6.10 Å². The number of hydrogen-bond donors (Lipinski definition) is 3. The van der Waals surface area contributed by atoms with Crippen molar-refractivity contribution in [2.75, 3.05) is 5.32 Å². The van der Waals surface area contributed by atoms with Crippen molar-refractivity contribution < 1.29 is 9.53 Å². The normalized spacial score (nSPS) is 17.3.